The largest absolute Gasteiger partial charge is 0.478 e. The first-order chi connectivity index (χ1) is 8.66. The molecule has 0 amide bonds. The fourth-order valence-electron chi connectivity index (χ4n) is 1.74. The van der Waals surface area contributed by atoms with E-state index in [-0.39, 0.29) is 0 Å². The van der Waals surface area contributed by atoms with Crippen molar-refractivity contribution in [1.29, 1.82) is 0 Å². The van der Waals surface area contributed by atoms with Gasteiger partial charge in [0.05, 0.1) is 0 Å². The van der Waals surface area contributed by atoms with E-state index < -0.39 is 5.97 Å². The minimum Gasteiger partial charge on any atom is -0.478 e. The van der Waals surface area contributed by atoms with Gasteiger partial charge >= 0.3 is 5.97 Å². The first-order valence-corrected chi connectivity index (χ1v) is 5.59. The van der Waals surface area contributed by atoms with Crippen molar-refractivity contribution in [2.45, 2.75) is 0 Å². The van der Waals surface area contributed by atoms with Crippen molar-refractivity contribution < 1.29 is 9.90 Å². The van der Waals surface area contributed by atoms with Crippen molar-refractivity contribution in [3.05, 3.63) is 72.7 Å². The fraction of sp³-hybridized carbons (Fsp3) is 0. The summed E-state index contributed by atoms with van der Waals surface area (Å²) in [6.07, 6.45) is 2.70. The molecule has 0 unspecified atom stereocenters. The van der Waals surface area contributed by atoms with Gasteiger partial charge in [-0.05, 0) is 35.3 Å². The highest BCUT2D eigenvalue weighted by molar-refractivity contribution is 5.85. The molecular formula is C16H13O2. The lowest BCUT2D eigenvalue weighted by atomic mass is 9.99. The van der Waals surface area contributed by atoms with E-state index in [1.54, 1.807) is 6.08 Å². The molecule has 0 atom stereocenters. The van der Waals surface area contributed by atoms with Crippen molar-refractivity contribution >= 4 is 12.0 Å². The smallest absolute Gasteiger partial charge is 0.328 e. The van der Waals surface area contributed by atoms with E-state index >= 15 is 0 Å². The van der Waals surface area contributed by atoms with Crippen LogP contribution >= 0.6 is 0 Å². The van der Waals surface area contributed by atoms with Gasteiger partial charge in [0.25, 0.3) is 0 Å². The maximum absolute atomic E-state index is 10.4. The van der Waals surface area contributed by atoms with Gasteiger partial charge in [-0.25, -0.2) is 4.79 Å². The Bertz CT molecular complexity index is 580. The molecule has 89 valence electrons. The van der Waals surface area contributed by atoms with Crippen molar-refractivity contribution in [1.82, 2.24) is 0 Å². The maximum atomic E-state index is 10.4. The molecule has 0 aliphatic heterocycles. The van der Waals surface area contributed by atoms with E-state index in [2.05, 4.69) is 6.92 Å². The molecule has 2 aromatic rings. The van der Waals surface area contributed by atoms with Crippen LogP contribution in [0.5, 0.6) is 0 Å². The molecule has 18 heavy (non-hydrogen) atoms. The third-order valence-electron chi connectivity index (χ3n) is 2.66. The van der Waals surface area contributed by atoms with Gasteiger partial charge in [0.1, 0.15) is 0 Å². The maximum Gasteiger partial charge on any atom is 0.328 e. The zero-order valence-corrected chi connectivity index (χ0v) is 9.84. The summed E-state index contributed by atoms with van der Waals surface area (Å²) < 4.78 is 0. The van der Waals surface area contributed by atoms with E-state index in [9.17, 15) is 4.79 Å². The summed E-state index contributed by atoms with van der Waals surface area (Å²) >= 11 is 0. The van der Waals surface area contributed by atoms with Crippen LogP contribution in [-0.4, -0.2) is 11.1 Å². The molecule has 0 aliphatic rings. The average Bonchev–Trinajstić information content (AvgIpc) is 2.38. The van der Waals surface area contributed by atoms with Crippen LogP contribution in [-0.2, 0) is 4.79 Å². The summed E-state index contributed by atoms with van der Waals surface area (Å²) in [5.74, 6) is -0.942. The molecule has 0 heterocycles. The molecule has 0 aromatic heterocycles. The number of benzene rings is 2. The fourth-order valence-corrected chi connectivity index (χ4v) is 1.74. The highest BCUT2D eigenvalue weighted by atomic mass is 16.4. The second kappa shape index (κ2) is 5.32. The second-order valence-corrected chi connectivity index (χ2v) is 3.95. The van der Waals surface area contributed by atoms with Crippen molar-refractivity contribution in [3.63, 3.8) is 0 Å². The van der Waals surface area contributed by atoms with Gasteiger partial charge in [0.2, 0.25) is 0 Å². The SMILES string of the molecule is [CH2]c1ccccc1-c1ccc(C=CC(=O)O)cc1. The van der Waals surface area contributed by atoms with E-state index in [4.69, 9.17) is 5.11 Å². The van der Waals surface area contributed by atoms with Crippen LogP contribution in [0, 0.1) is 6.92 Å². The highest BCUT2D eigenvalue weighted by Crippen LogP contribution is 2.23. The molecule has 1 N–H and O–H groups in total. The van der Waals surface area contributed by atoms with E-state index in [0.717, 1.165) is 28.3 Å². The summed E-state index contributed by atoms with van der Waals surface area (Å²) in [6, 6.07) is 15.6. The minimum atomic E-state index is -0.942. The van der Waals surface area contributed by atoms with Crippen LogP contribution in [0.25, 0.3) is 17.2 Å². The normalized spacial score (nSPS) is 10.7. The van der Waals surface area contributed by atoms with Crippen LogP contribution in [0.4, 0.5) is 0 Å². The lowest BCUT2D eigenvalue weighted by Gasteiger charge is -2.05. The lowest BCUT2D eigenvalue weighted by Crippen LogP contribution is -1.86. The Morgan fingerprint density at radius 3 is 2.33 bits per heavy atom. The molecule has 1 radical (unpaired) electrons. The molecule has 0 bridgehead atoms. The molecule has 2 aromatic carbocycles. The number of hydrogen-bond donors (Lipinski definition) is 1. The lowest BCUT2D eigenvalue weighted by molar-refractivity contribution is -0.131. The topological polar surface area (TPSA) is 37.3 Å². The Labute approximate surface area is 106 Å². The Hall–Kier alpha value is -2.35. The number of carboxylic acids is 1. The molecule has 0 spiro atoms. The molecule has 0 saturated heterocycles. The van der Waals surface area contributed by atoms with Gasteiger partial charge in [0.15, 0.2) is 0 Å². The second-order valence-electron chi connectivity index (χ2n) is 3.95. The van der Waals surface area contributed by atoms with Gasteiger partial charge in [0, 0.05) is 6.08 Å². The van der Waals surface area contributed by atoms with Gasteiger partial charge in [-0.3, -0.25) is 0 Å². The number of rotatable bonds is 3. The van der Waals surface area contributed by atoms with Gasteiger partial charge < -0.3 is 5.11 Å². The predicted molar refractivity (Wildman–Crippen MR) is 73.0 cm³/mol. The van der Waals surface area contributed by atoms with Crippen molar-refractivity contribution in [2.24, 2.45) is 0 Å². The summed E-state index contributed by atoms with van der Waals surface area (Å²) in [5.41, 5.74) is 4.01. The van der Waals surface area contributed by atoms with Crippen LogP contribution in [0.1, 0.15) is 11.1 Å². The summed E-state index contributed by atoms with van der Waals surface area (Å²) in [6.45, 7) is 3.99. The zero-order chi connectivity index (χ0) is 13.0. The van der Waals surface area contributed by atoms with E-state index in [1.807, 2.05) is 48.5 Å². The van der Waals surface area contributed by atoms with Gasteiger partial charge in [-0.1, -0.05) is 48.5 Å². The number of hydrogen-bond acceptors (Lipinski definition) is 1. The van der Waals surface area contributed by atoms with Crippen molar-refractivity contribution in [2.75, 3.05) is 0 Å². The minimum absolute atomic E-state index is 0.864. The Morgan fingerprint density at radius 2 is 1.72 bits per heavy atom. The molecule has 0 fully saturated rings. The highest BCUT2D eigenvalue weighted by Gasteiger charge is 2.00. The summed E-state index contributed by atoms with van der Waals surface area (Å²) in [4.78, 5) is 10.4. The predicted octanol–water partition coefficient (Wildman–Crippen LogP) is 3.63. The van der Waals surface area contributed by atoms with E-state index in [1.165, 1.54) is 0 Å². The molecule has 0 saturated carbocycles. The first kappa shape index (κ1) is 12.1. The van der Waals surface area contributed by atoms with Crippen LogP contribution in [0.15, 0.2) is 54.6 Å². The van der Waals surface area contributed by atoms with E-state index in [0.29, 0.717) is 0 Å². The Kier molecular flexibility index (Phi) is 3.58. The monoisotopic (exact) mass is 237 g/mol. The molecule has 2 nitrogen and oxygen atoms in total. The number of aliphatic carboxylic acids is 1. The van der Waals surface area contributed by atoms with Crippen LogP contribution in [0.3, 0.4) is 0 Å². The summed E-state index contributed by atoms with van der Waals surface area (Å²) in [7, 11) is 0. The summed E-state index contributed by atoms with van der Waals surface area (Å²) in [5, 5.41) is 8.55. The molecule has 2 heteroatoms. The third kappa shape index (κ3) is 2.86. The van der Waals surface area contributed by atoms with Crippen LogP contribution in [0.2, 0.25) is 0 Å². The quantitative estimate of drug-likeness (QED) is 0.827. The molecule has 2 rings (SSSR count). The van der Waals surface area contributed by atoms with Gasteiger partial charge in [-0.2, -0.15) is 0 Å². The molecular weight excluding hydrogens is 224 g/mol. The van der Waals surface area contributed by atoms with Crippen molar-refractivity contribution in [3.8, 4) is 11.1 Å². The van der Waals surface area contributed by atoms with Gasteiger partial charge in [-0.15, -0.1) is 0 Å². The van der Waals surface area contributed by atoms with Crippen LogP contribution < -0.4 is 0 Å². The Morgan fingerprint density at radius 1 is 1.06 bits per heavy atom. The third-order valence-corrected chi connectivity index (χ3v) is 2.66. The standard InChI is InChI=1S/C16H13O2/c1-12-4-2-3-5-15(12)14-9-6-13(7-10-14)8-11-16(17)18/h2-11H,1H2,(H,17,18). The Balaban J connectivity index is 2.28. The molecule has 0 aliphatic carbocycles. The first-order valence-electron chi connectivity index (χ1n) is 5.59. The average molecular weight is 237 g/mol. The number of carbonyl (C=O) groups is 1. The number of carboxylic acid groups (broad SMARTS) is 1. The zero-order valence-electron chi connectivity index (χ0n) is 9.84.